The lowest BCUT2D eigenvalue weighted by atomic mass is 10.2. The molecule has 0 aliphatic carbocycles. The molecule has 0 spiro atoms. The minimum Gasteiger partial charge on any atom is -0.358 e. The smallest absolute Gasteiger partial charge is 0.244 e. The Labute approximate surface area is 133 Å². The Bertz CT molecular complexity index is 654. The van der Waals surface area contributed by atoms with Crippen molar-refractivity contribution in [1.82, 2.24) is 14.9 Å². The molecule has 0 fully saturated rings. The highest BCUT2D eigenvalue weighted by Gasteiger charge is 2.20. The summed E-state index contributed by atoms with van der Waals surface area (Å²) in [4.78, 5) is 24.5. The Hall–Kier alpha value is -1.40. The second-order valence-corrected chi connectivity index (χ2v) is 6.37. The third kappa shape index (κ3) is 3.44. The van der Waals surface area contributed by atoms with E-state index in [4.69, 9.17) is 11.6 Å². The van der Waals surface area contributed by atoms with Crippen molar-refractivity contribution in [1.29, 1.82) is 0 Å². The molecule has 2 aromatic heterocycles. The molecule has 0 radical (unpaired) electrons. The zero-order chi connectivity index (χ0) is 15.6. The predicted octanol–water partition coefficient (Wildman–Crippen LogP) is 3.32. The highest BCUT2D eigenvalue weighted by Crippen LogP contribution is 2.29. The molecule has 1 unspecified atom stereocenters. The molecule has 0 saturated carbocycles. The Kier molecular flexibility index (Phi) is 5.00. The van der Waals surface area contributed by atoms with Crippen molar-refractivity contribution < 1.29 is 4.79 Å². The van der Waals surface area contributed by atoms with Crippen LogP contribution in [0.5, 0.6) is 0 Å². The summed E-state index contributed by atoms with van der Waals surface area (Å²) in [6.07, 6.45) is 0. The number of amides is 1. The number of aromatic nitrogens is 2. The molecule has 2 aromatic rings. The van der Waals surface area contributed by atoms with Crippen LogP contribution < -0.4 is 5.32 Å². The summed E-state index contributed by atoms with van der Waals surface area (Å²) in [5.41, 5.74) is 0. The number of halogens is 1. The molecule has 0 aliphatic heterocycles. The van der Waals surface area contributed by atoms with E-state index in [1.807, 2.05) is 33.8 Å². The molecule has 0 aliphatic rings. The fourth-order valence-corrected chi connectivity index (χ4v) is 3.30. The van der Waals surface area contributed by atoms with Crippen LogP contribution in [0.25, 0.3) is 10.2 Å². The molecule has 5 nitrogen and oxygen atoms in total. The molecule has 1 N–H and O–H groups in total. The van der Waals surface area contributed by atoms with Crippen molar-refractivity contribution in [2.45, 2.75) is 33.7 Å². The largest absolute Gasteiger partial charge is 0.358 e. The van der Waals surface area contributed by atoms with Gasteiger partial charge < -0.3 is 10.2 Å². The van der Waals surface area contributed by atoms with Gasteiger partial charge in [-0.1, -0.05) is 0 Å². The summed E-state index contributed by atoms with van der Waals surface area (Å²) < 4.78 is 0. The third-order valence-corrected chi connectivity index (χ3v) is 4.40. The number of rotatable bonds is 5. The molecule has 0 saturated heterocycles. The first-order valence-electron chi connectivity index (χ1n) is 6.95. The van der Waals surface area contributed by atoms with Crippen LogP contribution in [0, 0.1) is 6.92 Å². The highest BCUT2D eigenvalue weighted by molar-refractivity contribution is 7.18. The van der Waals surface area contributed by atoms with Crippen LogP contribution in [0.4, 0.5) is 5.82 Å². The van der Waals surface area contributed by atoms with Gasteiger partial charge in [0.05, 0.1) is 5.39 Å². The van der Waals surface area contributed by atoms with Crippen LogP contribution in [0.1, 0.15) is 25.6 Å². The van der Waals surface area contributed by atoms with Crippen LogP contribution in [-0.4, -0.2) is 39.9 Å². The molecule has 114 valence electrons. The number of hydrogen-bond acceptors (Lipinski definition) is 5. The quantitative estimate of drug-likeness (QED) is 0.856. The molecule has 1 atom stereocenters. The van der Waals surface area contributed by atoms with Gasteiger partial charge in [0.15, 0.2) is 0 Å². The van der Waals surface area contributed by atoms with Crippen molar-refractivity contribution in [2.24, 2.45) is 0 Å². The standard InChI is InChI=1S/C14H19ClN4OS/c1-5-19(6-2)13(20)9(4)16-11-10-7-8(3)21-12(10)18-14(15)17-11/h7,9H,5-6H2,1-4H3,(H,16,17,18). The average Bonchev–Trinajstić information content (AvgIpc) is 2.80. The van der Waals surface area contributed by atoms with Crippen LogP contribution >= 0.6 is 22.9 Å². The van der Waals surface area contributed by atoms with Gasteiger partial charge in [-0.15, -0.1) is 11.3 Å². The summed E-state index contributed by atoms with van der Waals surface area (Å²) >= 11 is 7.52. The number of thiophene rings is 1. The van der Waals surface area contributed by atoms with Gasteiger partial charge in [0.2, 0.25) is 11.2 Å². The Morgan fingerprint density at radius 3 is 2.71 bits per heavy atom. The van der Waals surface area contributed by atoms with E-state index >= 15 is 0 Å². The van der Waals surface area contributed by atoms with Gasteiger partial charge in [0, 0.05) is 18.0 Å². The summed E-state index contributed by atoms with van der Waals surface area (Å²) in [5.74, 6) is 0.664. The topological polar surface area (TPSA) is 58.1 Å². The zero-order valence-corrected chi connectivity index (χ0v) is 14.2. The SMILES string of the molecule is CCN(CC)C(=O)C(C)Nc1nc(Cl)nc2sc(C)cc12. The predicted molar refractivity (Wildman–Crippen MR) is 88.2 cm³/mol. The molecular formula is C14H19ClN4OS. The molecule has 1 amide bonds. The van der Waals surface area contributed by atoms with Gasteiger partial charge in [-0.25, -0.2) is 9.97 Å². The van der Waals surface area contributed by atoms with E-state index in [0.29, 0.717) is 18.9 Å². The van der Waals surface area contributed by atoms with E-state index in [0.717, 1.165) is 15.1 Å². The van der Waals surface area contributed by atoms with Gasteiger partial charge in [-0.2, -0.15) is 0 Å². The lowest BCUT2D eigenvalue weighted by Gasteiger charge is -2.23. The number of hydrogen-bond donors (Lipinski definition) is 1. The molecule has 0 bridgehead atoms. The number of carbonyl (C=O) groups excluding carboxylic acids is 1. The Morgan fingerprint density at radius 2 is 2.10 bits per heavy atom. The molecule has 0 aromatic carbocycles. The first-order chi connectivity index (χ1) is 9.96. The maximum atomic E-state index is 12.3. The third-order valence-electron chi connectivity index (χ3n) is 3.29. The first-order valence-corrected chi connectivity index (χ1v) is 8.14. The summed E-state index contributed by atoms with van der Waals surface area (Å²) in [6, 6.07) is 1.65. The monoisotopic (exact) mass is 326 g/mol. The van der Waals surface area contributed by atoms with Gasteiger partial charge in [0.25, 0.3) is 0 Å². The average molecular weight is 327 g/mol. The van der Waals surface area contributed by atoms with E-state index in [2.05, 4.69) is 15.3 Å². The number of likely N-dealkylation sites (N-methyl/N-ethyl adjacent to an activating group) is 1. The first kappa shape index (κ1) is 16.0. The number of fused-ring (bicyclic) bond motifs is 1. The van der Waals surface area contributed by atoms with Gasteiger partial charge in [-0.05, 0) is 45.4 Å². The van der Waals surface area contributed by atoms with Gasteiger partial charge >= 0.3 is 0 Å². The number of aryl methyl sites for hydroxylation is 1. The van der Waals surface area contributed by atoms with Crippen LogP contribution in [0.15, 0.2) is 6.07 Å². The minimum absolute atomic E-state index is 0.0508. The molecule has 2 rings (SSSR count). The fraction of sp³-hybridized carbons (Fsp3) is 0.500. The van der Waals surface area contributed by atoms with E-state index in [-0.39, 0.29) is 17.2 Å². The zero-order valence-electron chi connectivity index (χ0n) is 12.6. The lowest BCUT2D eigenvalue weighted by Crippen LogP contribution is -2.41. The van der Waals surface area contributed by atoms with Gasteiger partial charge in [-0.3, -0.25) is 4.79 Å². The Morgan fingerprint density at radius 1 is 1.43 bits per heavy atom. The molecule has 7 heteroatoms. The van der Waals surface area contributed by atoms with E-state index in [1.165, 1.54) is 0 Å². The number of anilines is 1. The van der Waals surface area contributed by atoms with Crippen molar-refractivity contribution in [3.63, 3.8) is 0 Å². The molecule has 21 heavy (non-hydrogen) atoms. The van der Waals surface area contributed by atoms with Crippen molar-refractivity contribution in [3.05, 3.63) is 16.2 Å². The van der Waals surface area contributed by atoms with Crippen molar-refractivity contribution in [2.75, 3.05) is 18.4 Å². The van der Waals surface area contributed by atoms with Crippen molar-refractivity contribution >= 4 is 44.9 Å². The number of nitrogens with one attached hydrogen (secondary N) is 1. The Balaban J connectivity index is 2.28. The fourth-order valence-electron chi connectivity index (χ4n) is 2.20. The highest BCUT2D eigenvalue weighted by atomic mass is 35.5. The van der Waals surface area contributed by atoms with E-state index < -0.39 is 0 Å². The maximum Gasteiger partial charge on any atom is 0.244 e. The second-order valence-electron chi connectivity index (χ2n) is 4.79. The summed E-state index contributed by atoms with van der Waals surface area (Å²) in [5, 5.41) is 4.26. The molecular weight excluding hydrogens is 308 g/mol. The lowest BCUT2D eigenvalue weighted by molar-refractivity contribution is -0.131. The minimum atomic E-state index is -0.362. The van der Waals surface area contributed by atoms with Crippen molar-refractivity contribution in [3.8, 4) is 0 Å². The number of nitrogens with zero attached hydrogens (tertiary/aromatic N) is 3. The second kappa shape index (κ2) is 6.58. The summed E-state index contributed by atoms with van der Waals surface area (Å²) in [7, 11) is 0. The van der Waals surface area contributed by atoms with E-state index in [9.17, 15) is 4.79 Å². The summed E-state index contributed by atoms with van der Waals surface area (Å²) in [6.45, 7) is 9.17. The maximum absolute atomic E-state index is 12.3. The number of carbonyl (C=O) groups is 1. The van der Waals surface area contributed by atoms with E-state index in [1.54, 1.807) is 16.2 Å². The normalized spacial score (nSPS) is 12.4. The van der Waals surface area contributed by atoms with Crippen LogP contribution in [-0.2, 0) is 4.79 Å². The van der Waals surface area contributed by atoms with Gasteiger partial charge in [0.1, 0.15) is 16.7 Å². The molecule has 2 heterocycles. The van der Waals surface area contributed by atoms with Crippen LogP contribution in [0.3, 0.4) is 0 Å². The van der Waals surface area contributed by atoms with Crippen LogP contribution in [0.2, 0.25) is 5.28 Å².